The number of aryl methyl sites for hydroxylation is 1. The van der Waals surface area contributed by atoms with Gasteiger partial charge in [0.05, 0.1) is 7.11 Å². The number of rotatable bonds is 4. The van der Waals surface area contributed by atoms with Crippen LogP contribution in [0.5, 0.6) is 11.5 Å². The fraction of sp³-hybridized carbons (Fsp3) is 0.200. The Balaban J connectivity index is 2.18. The number of hydrogen-bond acceptors (Lipinski definition) is 3. The van der Waals surface area contributed by atoms with Gasteiger partial charge in [-0.15, -0.1) is 0 Å². The number of hydrogen-bond donors (Lipinski definition) is 2. The normalized spacial score (nSPS) is 10.4. The van der Waals surface area contributed by atoms with Crippen LogP contribution in [-0.4, -0.2) is 12.2 Å². The smallest absolute Gasteiger partial charge is 0.162 e. The van der Waals surface area contributed by atoms with Crippen molar-refractivity contribution in [2.24, 2.45) is 0 Å². The standard InChI is InChI=1S/C15H15ClFNO2/c1-9-3-4-12(7-13(9)17)18-8-10-5-11(16)6-14(20-2)15(10)19/h3-7,18-19H,8H2,1-2H3. The van der Waals surface area contributed by atoms with E-state index in [0.717, 1.165) is 0 Å². The molecule has 2 rings (SSSR count). The molecule has 5 heteroatoms. The number of methoxy groups -OCH3 is 1. The monoisotopic (exact) mass is 295 g/mol. The zero-order valence-corrected chi connectivity index (χ0v) is 12.0. The summed E-state index contributed by atoms with van der Waals surface area (Å²) in [6.45, 7) is 2.01. The van der Waals surface area contributed by atoms with Crippen molar-refractivity contribution in [1.82, 2.24) is 0 Å². The first kappa shape index (κ1) is 14.5. The zero-order chi connectivity index (χ0) is 14.7. The van der Waals surface area contributed by atoms with E-state index in [0.29, 0.717) is 34.1 Å². The Kier molecular flexibility index (Phi) is 4.35. The van der Waals surface area contributed by atoms with E-state index in [4.69, 9.17) is 16.3 Å². The van der Waals surface area contributed by atoms with Crippen LogP contribution < -0.4 is 10.1 Å². The van der Waals surface area contributed by atoms with Gasteiger partial charge in [0.25, 0.3) is 0 Å². The lowest BCUT2D eigenvalue weighted by Crippen LogP contribution is -2.01. The fourth-order valence-electron chi connectivity index (χ4n) is 1.82. The summed E-state index contributed by atoms with van der Waals surface area (Å²) in [7, 11) is 1.46. The van der Waals surface area contributed by atoms with Crippen LogP contribution in [0, 0.1) is 12.7 Å². The molecule has 0 unspecified atom stereocenters. The molecule has 0 aliphatic rings. The van der Waals surface area contributed by atoms with E-state index in [1.165, 1.54) is 19.2 Å². The van der Waals surface area contributed by atoms with E-state index in [2.05, 4.69) is 5.32 Å². The van der Waals surface area contributed by atoms with Gasteiger partial charge in [-0.2, -0.15) is 0 Å². The Morgan fingerprint density at radius 2 is 2.05 bits per heavy atom. The minimum Gasteiger partial charge on any atom is -0.504 e. The molecule has 0 atom stereocenters. The molecule has 3 nitrogen and oxygen atoms in total. The number of phenolic OH excluding ortho intramolecular Hbond substituents is 1. The quantitative estimate of drug-likeness (QED) is 0.892. The van der Waals surface area contributed by atoms with Gasteiger partial charge >= 0.3 is 0 Å². The number of nitrogens with one attached hydrogen (secondary N) is 1. The first-order valence-electron chi connectivity index (χ1n) is 6.06. The number of halogens is 2. The first-order valence-corrected chi connectivity index (χ1v) is 6.44. The highest BCUT2D eigenvalue weighted by atomic mass is 35.5. The van der Waals surface area contributed by atoms with Gasteiger partial charge in [-0.1, -0.05) is 17.7 Å². The molecule has 0 spiro atoms. The van der Waals surface area contributed by atoms with Gasteiger partial charge in [-0.05, 0) is 30.7 Å². The lowest BCUT2D eigenvalue weighted by atomic mass is 10.1. The molecule has 0 fully saturated rings. The van der Waals surface area contributed by atoms with Crippen molar-refractivity contribution >= 4 is 17.3 Å². The van der Waals surface area contributed by atoms with Crippen molar-refractivity contribution in [3.63, 3.8) is 0 Å². The van der Waals surface area contributed by atoms with Crippen LogP contribution in [0.4, 0.5) is 10.1 Å². The number of anilines is 1. The number of aromatic hydroxyl groups is 1. The average Bonchev–Trinajstić information content (AvgIpc) is 2.43. The third-order valence-corrected chi connectivity index (χ3v) is 3.21. The van der Waals surface area contributed by atoms with E-state index in [1.807, 2.05) is 0 Å². The Labute approximate surface area is 122 Å². The third-order valence-electron chi connectivity index (χ3n) is 2.99. The van der Waals surface area contributed by atoms with Gasteiger partial charge < -0.3 is 15.2 Å². The summed E-state index contributed by atoms with van der Waals surface area (Å²) >= 11 is 5.95. The SMILES string of the molecule is COc1cc(Cl)cc(CNc2ccc(C)c(F)c2)c1O. The van der Waals surface area contributed by atoms with Gasteiger partial charge in [0, 0.05) is 28.9 Å². The summed E-state index contributed by atoms with van der Waals surface area (Å²) in [5, 5.41) is 13.5. The molecule has 106 valence electrons. The second-order valence-electron chi connectivity index (χ2n) is 4.43. The molecule has 20 heavy (non-hydrogen) atoms. The van der Waals surface area contributed by atoms with Crippen molar-refractivity contribution in [2.45, 2.75) is 13.5 Å². The molecular formula is C15H15ClFNO2. The van der Waals surface area contributed by atoms with Crippen LogP contribution in [0.25, 0.3) is 0 Å². The summed E-state index contributed by atoms with van der Waals surface area (Å²) in [6.07, 6.45) is 0. The molecule has 0 bridgehead atoms. The first-order chi connectivity index (χ1) is 9.51. The van der Waals surface area contributed by atoms with Crippen LogP contribution in [0.1, 0.15) is 11.1 Å². The topological polar surface area (TPSA) is 41.5 Å². The molecule has 2 N–H and O–H groups in total. The molecule has 0 aliphatic carbocycles. The molecule has 0 saturated heterocycles. The van der Waals surface area contributed by atoms with Gasteiger partial charge in [-0.25, -0.2) is 4.39 Å². The lowest BCUT2D eigenvalue weighted by Gasteiger charge is -2.12. The lowest BCUT2D eigenvalue weighted by molar-refractivity contribution is 0.371. The number of phenols is 1. The van der Waals surface area contributed by atoms with Crippen LogP contribution in [-0.2, 0) is 6.54 Å². The fourth-order valence-corrected chi connectivity index (χ4v) is 2.05. The van der Waals surface area contributed by atoms with E-state index in [9.17, 15) is 9.50 Å². The van der Waals surface area contributed by atoms with Gasteiger partial charge in [0.1, 0.15) is 5.82 Å². The molecule has 0 saturated carbocycles. The predicted octanol–water partition coefficient (Wildman–Crippen LogP) is 4.11. The molecule has 0 heterocycles. The molecule has 0 amide bonds. The largest absolute Gasteiger partial charge is 0.504 e. The Hall–Kier alpha value is -1.94. The van der Waals surface area contributed by atoms with Crippen LogP contribution in [0.3, 0.4) is 0 Å². The second kappa shape index (κ2) is 6.01. The minimum atomic E-state index is -0.275. The highest BCUT2D eigenvalue weighted by Crippen LogP contribution is 2.33. The van der Waals surface area contributed by atoms with Crippen molar-refractivity contribution in [3.05, 3.63) is 52.3 Å². The Bertz CT molecular complexity index is 632. The van der Waals surface area contributed by atoms with Gasteiger partial charge in [0.2, 0.25) is 0 Å². The number of ether oxygens (including phenoxy) is 1. The van der Waals surface area contributed by atoms with Crippen molar-refractivity contribution < 1.29 is 14.2 Å². The maximum Gasteiger partial charge on any atom is 0.162 e. The number of benzene rings is 2. The maximum atomic E-state index is 13.4. The Morgan fingerprint density at radius 1 is 1.30 bits per heavy atom. The molecule has 2 aromatic carbocycles. The second-order valence-corrected chi connectivity index (χ2v) is 4.87. The molecule has 2 aromatic rings. The average molecular weight is 296 g/mol. The Morgan fingerprint density at radius 3 is 2.70 bits per heavy atom. The molecule has 0 aromatic heterocycles. The van der Waals surface area contributed by atoms with E-state index >= 15 is 0 Å². The van der Waals surface area contributed by atoms with Crippen LogP contribution in [0.15, 0.2) is 30.3 Å². The third kappa shape index (κ3) is 3.14. The van der Waals surface area contributed by atoms with E-state index < -0.39 is 0 Å². The van der Waals surface area contributed by atoms with E-state index in [-0.39, 0.29) is 11.6 Å². The summed E-state index contributed by atoms with van der Waals surface area (Å²) in [6, 6.07) is 8.05. The summed E-state index contributed by atoms with van der Waals surface area (Å²) in [4.78, 5) is 0. The highest BCUT2D eigenvalue weighted by molar-refractivity contribution is 6.30. The van der Waals surface area contributed by atoms with Gasteiger partial charge in [-0.3, -0.25) is 0 Å². The van der Waals surface area contributed by atoms with Crippen LogP contribution >= 0.6 is 11.6 Å². The highest BCUT2D eigenvalue weighted by Gasteiger charge is 2.10. The van der Waals surface area contributed by atoms with Crippen LogP contribution in [0.2, 0.25) is 5.02 Å². The zero-order valence-electron chi connectivity index (χ0n) is 11.2. The molecule has 0 aliphatic heterocycles. The van der Waals surface area contributed by atoms with Crippen molar-refractivity contribution in [2.75, 3.05) is 12.4 Å². The summed E-state index contributed by atoms with van der Waals surface area (Å²) in [5.74, 6) is 0.0595. The maximum absolute atomic E-state index is 13.4. The predicted molar refractivity (Wildman–Crippen MR) is 78.1 cm³/mol. The van der Waals surface area contributed by atoms with E-state index in [1.54, 1.807) is 25.1 Å². The van der Waals surface area contributed by atoms with Gasteiger partial charge in [0.15, 0.2) is 11.5 Å². The summed E-state index contributed by atoms with van der Waals surface area (Å²) < 4.78 is 18.5. The van der Waals surface area contributed by atoms with Crippen molar-refractivity contribution in [1.29, 1.82) is 0 Å². The molecular weight excluding hydrogens is 281 g/mol. The summed E-state index contributed by atoms with van der Waals surface area (Å²) in [5.41, 5.74) is 1.80. The molecule has 0 radical (unpaired) electrons. The minimum absolute atomic E-state index is 0.0250. The van der Waals surface area contributed by atoms with Crippen molar-refractivity contribution in [3.8, 4) is 11.5 Å².